The number of hydrogen-bond donors (Lipinski definition) is 0. The molecule has 27 heavy (non-hydrogen) atoms. The molecule has 1 saturated heterocycles. The molecule has 1 aliphatic rings. The summed E-state index contributed by atoms with van der Waals surface area (Å²) in [4.78, 5) is 33.1. The van der Waals surface area contributed by atoms with E-state index in [1.54, 1.807) is 23.2 Å². The fourth-order valence-corrected chi connectivity index (χ4v) is 3.48. The summed E-state index contributed by atoms with van der Waals surface area (Å²) in [7, 11) is 1.37. The molecule has 1 aromatic heterocycles. The van der Waals surface area contributed by atoms with Crippen LogP contribution in [0.4, 0.5) is 0 Å². The smallest absolute Gasteiger partial charge is 0.327 e. The second-order valence-electron chi connectivity index (χ2n) is 6.46. The van der Waals surface area contributed by atoms with Gasteiger partial charge in [-0.3, -0.25) is 14.7 Å². The Morgan fingerprint density at radius 1 is 1.11 bits per heavy atom. The molecular weight excluding hydrogens is 366 g/mol. The Hall–Kier alpha value is -2.44. The number of halogens is 1. The zero-order chi connectivity index (χ0) is 19.4. The van der Waals surface area contributed by atoms with E-state index in [0.717, 1.165) is 5.69 Å². The lowest BCUT2D eigenvalue weighted by molar-refractivity contribution is -0.148. The average molecular weight is 388 g/mol. The van der Waals surface area contributed by atoms with E-state index in [1.807, 2.05) is 36.1 Å². The van der Waals surface area contributed by atoms with Crippen LogP contribution >= 0.6 is 11.6 Å². The van der Waals surface area contributed by atoms with E-state index in [9.17, 15) is 9.59 Å². The van der Waals surface area contributed by atoms with E-state index in [0.29, 0.717) is 42.3 Å². The number of ether oxygens (including phenoxy) is 1. The fraction of sp³-hybridized carbons (Fsp3) is 0.350. The summed E-state index contributed by atoms with van der Waals surface area (Å²) in [6.07, 6.45) is 1.60. The number of hydrogen-bond acceptors (Lipinski definition) is 5. The quantitative estimate of drug-likeness (QED) is 0.755. The Bertz CT molecular complexity index is 817. The van der Waals surface area contributed by atoms with Gasteiger partial charge in [-0.1, -0.05) is 29.8 Å². The molecule has 1 unspecified atom stereocenters. The zero-order valence-corrected chi connectivity index (χ0v) is 16.1. The second kappa shape index (κ2) is 8.50. The molecular formula is C20H22ClN3O3. The number of piperazine rings is 1. The number of methoxy groups -OCH3 is 1. The second-order valence-corrected chi connectivity index (χ2v) is 6.87. The Kier molecular flexibility index (Phi) is 6.08. The molecule has 0 N–H and O–H groups in total. The maximum Gasteiger partial charge on any atom is 0.327 e. The largest absolute Gasteiger partial charge is 0.468 e. The first kappa shape index (κ1) is 19.3. The molecule has 0 spiro atoms. The van der Waals surface area contributed by atoms with Crippen molar-refractivity contribution in [2.75, 3.05) is 33.3 Å². The van der Waals surface area contributed by atoms with Crippen LogP contribution in [0.1, 0.15) is 27.7 Å². The Morgan fingerprint density at radius 3 is 2.41 bits per heavy atom. The van der Waals surface area contributed by atoms with Crippen LogP contribution in [0.2, 0.25) is 5.02 Å². The Labute approximate surface area is 163 Å². The molecule has 2 heterocycles. The molecule has 0 bridgehead atoms. The molecule has 2 aromatic rings. The highest BCUT2D eigenvalue weighted by Gasteiger charge is 2.33. The van der Waals surface area contributed by atoms with Crippen LogP contribution in [0, 0.1) is 6.92 Å². The van der Waals surface area contributed by atoms with Gasteiger partial charge in [0.05, 0.1) is 12.7 Å². The maximum absolute atomic E-state index is 12.7. The van der Waals surface area contributed by atoms with Crippen molar-refractivity contribution in [2.45, 2.75) is 13.0 Å². The van der Waals surface area contributed by atoms with Crippen molar-refractivity contribution in [3.8, 4) is 0 Å². The number of carbonyl (C=O) groups is 2. The number of nitrogens with zero attached hydrogens (tertiary/aromatic N) is 3. The van der Waals surface area contributed by atoms with Gasteiger partial charge in [0, 0.05) is 43.1 Å². The van der Waals surface area contributed by atoms with Crippen molar-refractivity contribution in [1.82, 2.24) is 14.8 Å². The van der Waals surface area contributed by atoms with Crippen LogP contribution in [0.5, 0.6) is 0 Å². The van der Waals surface area contributed by atoms with Crippen molar-refractivity contribution in [3.63, 3.8) is 0 Å². The van der Waals surface area contributed by atoms with Gasteiger partial charge in [0.2, 0.25) is 0 Å². The summed E-state index contributed by atoms with van der Waals surface area (Å²) in [6, 6.07) is 10.3. The number of aromatic nitrogens is 1. The van der Waals surface area contributed by atoms with Gasteiger partial charge in [0.1, 0.15) is 6.04 Å². The van der Waals surface area contributed by atoms with Crippen molar-refractivity contribution in [1.29, 1.82) is 0 Å². The third kappa shape index (κ3) is 4.28. The summed E-state index contributed by atoms with van der Waals surface area (Å²) < 4.78 is 5.00. The van der Waals surface area contributed by atoms with Crippen molar-refractivity contribution in [3.05, 3.63) is 64.4 Å². The van der Waals surface area contributed by atoms with E-state index in [-0.39, 0.29) is 11.9 Å². The molecule has 1 aromatic carbocycles. The molecule has 0 saturated carbocycles. The number of amides is 1. The molecule has 142 valence electrons. The van der Waals surface area contributed by atoms with Crippen LogP contribution in [0.3, 0.4) is 0 Å². The van der Waals surface area contributed by atoms with E-state index < -0.39 is 6.04 Å². The molecule has 1 fully saturated rings. The number of esters is 1. The predicted octanol–water partition coefficient (Wildman–Crippen LogP) is 2.72. The molecule has 1 amide bonds. The number of carbonyl (C=O) groups excluding carboxylic acids is 2. The number of aryl methyl sites for hydroxylation is 1. The van der Waals surface area contributed by atoms with Crippen LogP contribution in [-0.4, -0.2) is 59.9 Å². The van der Waals surface area contributed by atoms with Crippen LogP contribution in [0.25, 0.3) is 0 Å². The van der Waals surface area contributed by atoms with E-state index in [4.69, 9.17) is 16.3 Å². The van der Waals surface area contributed by atoms with Gasteiger partial charge in [-0.25, -0.2) is 4.79 Å². The van der Waals surface area contributed by atoms with Gasteiger partial charge < -0.3 is 9.64 Å². The van der Waals surface area contributed by atoms with Gasteiger partial charge in [-0.2, -0.15) is 0 Å². The fourth-order valence-electron chi connectivity index (χ4n) is 3.24. The van der Waals surface area contributed by atoms with Crippen molar-refractivity contribution >= 4 is 23.5 Å². The summed E-state index contributed by atoms with van der Waals surface area (Å²) >= 11 is 6.31. The van der Waals surface area contributed by atoms with E-state index >= 15 is 0 Å². The summed E-state index contributed by atoms with van der Waals surface area (Å²) in [6.45, 7) is 4.02. The van der Waals surface area contributed by atoms with Crippen LogP contribution in [0.15, 0.2) is 42.6 Å². The Morgan fingerprint density at radius 2 is 1.81 bits per heavy atom. The molecule has 6 nitrogen and oxygen atoms in total. The minimum Gasteiger partial charge on any atom is -0.468 e. The van der Waals surface area contributed by atoms with E-state index in [1.165, 1.54) is 7.11 Å². The normalized spacial score (nSPS) is 16.0. The third-order valence-corrected chi connectivity index (χ3v) is 5.09. The molecule has 0 radical (unpaired) electrons. The number of rotatable bonds is 4. The highest BCUT2D eigenvalue weighted by atomic mass is 35.5. The highest BCUT2D eigenvalue weighted by molar-refractivity contribution is 6.31. The molecule has 7 heteroatoms. The van der Waals surface area contributed by atoms with Crippen molar-refractivity contribution in [2.24, 2.45) is 0 Å². The standard InChI is InChI=1S/C20H22ClN3O3/c1-14-7-8-15(13-22-14)19(25)24-11-9-23(10-12-24)18(20(26)27-2)16-5-3-4-6-17(16)21/h3-8,13,18H,9-12H2,1-2H3. The third-order valence-electron chi connectivity index (χ3n) is 4.75. The number of benzene rings is 1. The first-order valence-electron chi connectivity index (χ1n) is 8.79. The summed E-state index contributed by atoms with van der Waals surface area (Å²) in [5.41, 5.74) is 2.16. The molecule has 1 aliphatic heterocycles. The lowest BCUT2D eigenvalue weighted by Crippen LogP contribution is -2.51. The lowest BCUT2D eigenvalue weighted by atomic mass is 10.0. The van der Waals surface area contributed by atoms with Gasteiger partial charge in [0.15, 0.2) is 0 Å². The summed E-state index contributed by atoms with van der Waals surface area (Å²) in [5, 5.41) is 0.525. The summed E-state index contributed by atoms with van der Waals surface area (Å²) in [5.74, 6) is -0.403. The van der Waals surface area contributed by atoms with Crippen LogP contribution < -0.4 is 0 Å². The Balaban J connectivity index is 1.72. The zero-order valence-electron chi connectivity index (χ0n) is 15.4. The first-order valence-corrected chi connectivity index (χ1v) is 9.17. The molecule has 1 atom stereocenters. The lowest BCUT2D eigenvalue weighted by Gasteiger charge is -2.38. The minimum absolute atomic E-state index is 0.0467. The van der Waals surface area contributed by atoms with Gasteiger partial charge in [0.25, 0.3) is 5.91 Å². The number of pyridine rings is 1. The topological polar surface area (TPSA) is 62.7 Å². The van der Waals surface area contributed by atoms with Gasteiger partial charge >= 0.3 is 5.97 Å². The monoisotopic (exact) mass is 387 g/mol. The SMILES string of the molecule is COC(=O)C(c1ccccc1Cl)N1CCN(C(=O)c2ccc(C)nc2)CC1. The van der Waals surface area contributed by atoms with E-state index in [2.05, 4.69) is 4.98 Å². The van der Waals surface area contributed by atoms with Crippen molar-refractivity contribution < 1.29 is 14.3 Å². The van der Waals surface area contributed by atoms with Crippen LogP contribution in [-0.2, 0) is 9.53 Å². The average Bonchev–Trinajstić information content (AvgIpc) is 2.70. The predicted molar refractivity (Wildman–Crippen MR) is 103 cm³/mol. The van der Waals surface area contributed by atoms with Gasteiger partial charge in [-0.15, -0.1) is 0 Å². The minimum atomic E-state index is -0.581. The maximum atomic E-state index is 12.7. The molecule has 3 rings (SSSR count). The molecule has 0 aliphatic carbocycles. The van der Waals surface area contributed by atoms with Gasteiger partial charge in [-0.05, 0) is 30.7 Å². The highest BCUT2D eigenvalue weighted by Crippen LogP contribution is 2.29. The first-order chi connectivity index (χ1) is 13.0.